The van der Waals surface area contributed by atoms with Gasteiger partial charge in [-0.15, -0.1) is 0 Å². The molecule has 0 saturated carbocycles. The van der Waals surface area contributed by atoms with E-state index in [1.165, 1.54) is 12.1 Å². The molecule has 34 heavy (non-hydrogen) atoms. The minimum atomic E-state index is -4.57. The second-order valence-corrected chi connectivity index (χ2v) is 8.08. The van der Waals surface area contributed by atoms with E-state index in [0.29, 0.717) is 42.8 Å². The maximum absolute atomic E-state index is 13.0. The van der Waals surface area contributed by atoms with Crippen molar-refractivity contribution in [1.82, 2.24) is 14.5 Å². The molecule has 11 heteroatoms. The maximum atomic E-state index is 13.0. The molecule has 1 aliphatic heterocycles. The van der Waals surface area contributed by atoms with Crippen LogP contribution in [0.15, 0.2) is 42.5 Å². The van der Waals surface area contributed by atoms with E-state index in [-0.39, 0.29) is 24.1 Å². The van der Waals surface area contributed by atoms with Gasteiger partial charge in [-0.1, -0.05) is 6.07 Å². The van der Waals surface area contributed by atoms with Crippen molar-refractivity contribution in [3.63, 3.8) is 0 Å². The Hall–Kier alpha value is -3.60. The number of imidazole rings is 1. The van der Waals surface area contributed by atoms with Gasteiger partial charge in [-0.05, 0) is 49.2 Å². The molecular formula is C23H24F3N5O3. The molecule has 0 bridgehead atoms. The smallest absolute Gasteiger partial charge is 0.396 e. The SMILES string of the molecule is CN1CCCN(c2ccc3c(c2)nc(NC(=O)c2cccc(C(F)(F)F)c2)n3CCCO)C1=O. The number of benzene rings is 2. The molecule has 2 aromatic carbocycles. The quantitative estimate of drug-likeness (QED) is 0.565. The van der Waals surface area contributed by atoms with E-state index in [9.17, 15) is 27.9 Å². The van der Waals surface area contributed by atoms with E-state index in [0.717, 1.165) is 18.6 Å². The van der Waals surface area contributed by atoms with Crippen LogP contribution in [0.2, 0.25) is 0 Å². The predicted octanol–water partition coefficient (Wildman–Crippen LogP) is 3.95. The number of amides is 3. The fourth-order valence-corrected chi connectivity index (χ4v) is 3.95. The first-order valence-corrected chi connectivity index (χ1v) is 10.8. The second-order valence-electron chi connectivity index (χ2n) is 8.08. The average Bonchev–Trinajstić information content (AvgIpc) is 3.14. The molecule has 3 amide bonds. The summed E-state index contributed by atoms with van der Waals surface area (Å²) in [5, 5.41) is 11.9. The summed E-state index contributed by atoms with van der Waals surface area (Å²) in [5.74, 6) is -0.593. The minimum Gasteiger partial charge on any atom is -0.396 e. The summed E-state index contributed by atoms with van der Waals surface area (Å²) in [4.78, 5) is 33.0. The van der Waals surface area contributed by atoms with Crippen molar-refractivity contribution in [3.8, 4) is 0 Å². The van der Waals surface area contributed by atoms with Gasteiger partial charge in [0.25, 0.3) is 5.91 Å². The number of anilines is 2. The van der Waals surface area contributed by atoms with Crippen molar-refractivity contribution < 1.29 is 27.9 Å². The van der Waals surface area contributed by atoms with E-state index in [1.807, 2.05) is 0 Å². The lowest BCUT2D eigenvalue weighted by Gasteiger charge is -2.33. The Kier molecular flexibility index (Phi) is 6.47. The highest BCUT2D eigenvalue weighted by Crippen LogP contribution is 2.30. The average molecular weight is 475 g/mol. The van der Waals surface area contributed by atoms with Crippen LogP contribution in [0.1, 0.15) is 28.8 Å². The number of hydrogen-bond acceptors (Lipinski definition) is 4. The highest BCUT2D eigenvalue weighted by atomic mass is 19.4. The Morgan fingerprint density at radius 3 is 2.71 bits per heavy atom. The summed E-state index contributed by atoms with van der Waals surface area (Å²) in [7, 11) is 1.73. The van der Waals surface area contributed by atoms with Gasteiger partial charge in [-0.3, -0.25) is 15.0 Å². The van der Waals surface area contributed by atoms with Crippen LogP contribution in [0.5, 0.6) is 0 Å². The molecule has 4 rings (SSSR count). The number of aliphatic hydroxyl groups is 1. The monoisotopic (exact) mass is 475 g/mol. The van der Waals surface area contributed by atoms with Gasteiger partial charge < -0.3 is 14.6 Å². The normalized spacial score (nSPS) is 14.7. The van der Waals surface area contributed by atoms with Crippen LogP contribution in [0.3, 0.4) is 0 Å². The van der Waals surface area contributed by atoms with Crippen molar-refractivity contribution >= 4 is 34.6 Å². The summed E-state index contributed by atoms with van der Waals surface area (Å²) >= 11 is 0. The van der Waals surface area contributed by atoms with Crippen molar-refractivity contribution in [2.45, 2.75) is 25.6 Å². The Morgan fingerprint density at radius 2 is 1.97 bits per heavy atom. The lowest BCUT2D eigenvalue weighted by atomic mass is 10.1. The number of aliphatic hydroxyl groups excluding tert-OH is 1. The Bertz CT molecular complexity index is 1220. The number of alkyl halides is 3. The highest BCUT2D eigenvalue weighted by molar-refractivity contribution is 6.04. The fourth-order valence-electron chi connectivity index (χ4n) is 3.95. The lowest BCUT2D eigenvalue weighted by Crippen LogP contribution is -2.47. The van der Waals surface area contributed by atoms with E-state index >= 15 is 0 Å². The molecule has 0 spiro atoms. The van der Waals surface area contributed by atoms with Crippen LogP contribution in [0.4, 0.5) is 29.6 Å². The number of nitrogens with one attached hydrogen (secondary N) is 1. The number of hydrogen-bond donors (Lipinski definition) is 2. The maximum Gasteiger partial charge on any atom is 0.416 e. The van der Waals surface area contributed by atoms with E-state index in [1.54, 1.807) is 39.6 Å². The number of urea groups is 1. The number of halogens is 3. The fraction of sp³-hybridized carbons (Fsp3) is 0.348. The van der Waals surface area contributed by atoms with Gasteiger partial charge in [-0.25, -0.2) is 9.78 Å². The molecular weight excluding hydrogens is 451 g/mol. The van der Waals surface area contributed by atoms with Crippen LogP contribution < -0.4 is 10.2 Å². The zero-order chi connectivity index (χ0) is 24.5. The zero-order valence-corrected chi connectivity index (χ0v) is 18.5. The topological polar surface area (TPSA) is 90.7 Å². The van der Waals surface area contributed by atoms with E-state index < -0.39 is 17.6 Å². The molecule has 0 aliphatic carbocycles. The Morgan fingerprint density at radius 1 is 1.18 bits per heavy atom. The zero-order valence-electron chi connectivity index (χ0n) is 18.5. The highest BCUT2D eigenvalue weighted by Gasteiger charge is 2.31. The molecule has 180 valence electrons. The molecule has 1 aliphatic rings. The third kappa shape index (κ3) is 4.69. The van der Waals surface area contributed by atoms with Crippen LogP contribution in [0, 0.1) is 0 Å². The molecule has 2 heterocycles. The van der Waals surface area contributed by atoms with Gasteiger partial charge in [0.15, 0.2) is 0 Å². The third-order valence-electron chi connectivity index (χ3n) is 5.69. The Labute approximate surface area is 193 Å². The third-order valence-corrected chi connectivity index (χ3v) is 5.69. The van der Waals surface area contributed by atoms with Crippen LogP contribution in [-0.2, 0) is 12.7 Å². The first-order valence-electron chi connectivity index (χ1n) is 10.8. The van der Waals surface area contributed by atoms with Gasteiger partial charge >= 0.3 is 12.2 Å². The number of fused-ring (bicyclic) bond motifs is 1. The van der Waals surface area contributed by atoms with Crippen LogP contribution in [0.25, 0.3) is 11.0 Å². The van der Waals surface area contributed by atoms with Crippen molar-refractivity contribution in [2.75, 3.05) is 37.0 Å². The van der Waals surface area contributed by atoms with Gasteiger partial charge in [0.05, 0.1) is 16.6 Å². The molecule has 8 nitrogen and oxygen atoms in total. The summed E-state index contributed by atoms with van der Waals surface area (Å²) < 4.78 is 40.8. The molecule has 0 radical (unpaired) electrons. The first-order chi connectivity index (χ1) is 16.2. The molecule has 0 unspecified atom stereocenters. The molecule has 0 atom stereocenters. The summed E-state index contributed by atoms with van der Waals surface area (Å²) in [6.45, 7) is 1.49. The number of aryl methyl sites for hydroxylation is 1. The van der Waals surface area contributed by atoms with Crippen molar-refractivity contribution in [2.24, 2.45) is 0 Å². The lowest BCUT2D eigenvalue weighted by molar-refractivity contribution is -0.137. The Balaban J connectivity index is 1.67. The van der Waals surface area contributed by atoms with Crippen molar-refractivity contribution in [1.29, 1.82) is 0 Å². The predicted molar refractivity (Wildman–Crippen MR) is 121 cm³/mol. The van der Waals surface area contributed by atoms with Gasteiger partial charge in [-0.2, -0.15) is 13.2 Å². The minimum absolute atomic E-state index is 0.0899. The van der Waals surface area contributed by atoms with E-state index in [4.69, 9.17) is 0 Å². The van der Waals surface area contributed by atoms with E-state index in [2.05, 4.69) is 10.3 Å². The molecule has 1 aromatic heterocycles. The summed E-state index contributed by atoms with van der Waals surface area (Å²) in [6, 6.07) is 9.32. The number of rotatable bonds is 6. The van der Waals surface area contributed by atoms with Gasteiger partial charge in [0, 0.05) is 44.5 Å². The number of carbonyl (C=O) groups is 2. The molecule has 1 saturated heterocycles. The second kappa shape index (κ2) is 9.34. The van der Waals surface area contributed by atoms with Crippen molar-refractivity contribution in [3.05, 3.63) is 53.6 Å². The standard InChI is InChI=1S/C23H24F3N5O3/c1-29-9-3-10-30(22(29)34)17-7-8-19-18(14-17)27-21(31(19)11-4-12-32)28-20(33)15-5-2-6-16(13-15)23(24,25)26/h2,5-8,13-14,32H,3-4,9-12H2,1H3,(H,27,28,33). The van der Waals surface area contributed by atoms with Gasteiger partial charge in [0.2, 0.25) is 5.95 Å². The van der Waals surface area contributed by atoms with Crippen LogP contribution >= 0.6 is 0 Å². The summed E-state index contributed by atoms with van der Waals surface area (Å²) in [5.41, 5.74) is 0.754. The molecule has 1 fully saturated rings. The largest absolute Gasteiger partial charge is 0.416 e. The number of aromatic nitrogens is 2. The van der Waals surface area contributed by atoms with Gasteiger partial charge in [0.1, 0.15) is 0 Å². The summed E-state index contributed by atoms with van der Waals surface area (Å²) in [6.07, 6.45) is -3.36. The number of carbonyl (C=O) groups excluding carboxylic acids is 2. The molecule has 2 N–H and O–H groups in total. The molecule has 3 aromatic rings. The number of nitrogens with zero attached hydrogens (tertiary/aromatic N) is 4. The first kappa shape index (κ1) is 23.6. The van der Waals surface area contributed by atoms with Crippen LogP contribution in [-0.4, -0.2) is 58.2 Å².